The number of amides is 1. The predicted octanol–water partition coefficient (Wildman–Crippen LogP) is 6.39. The quantitative estimate of drug-likeness (QED) is 0.151. The maximum absolute atomic E-state index is 13.0. The molecule has 276 valence electrons. The molecule has 0 heterocycles. The van der Waals surface area contributed by atoms with Crippen LogP contribution in [0.15, 0.2) is 48.5 Å². The van der Waals surface area contributed by atoms with E-state index < -0.39 is 23.5 Å². The molecule has 0 spiro atoms. The van der Waals surface area contributed by atoms with Crippen LogP contribution in [-0.2, 0) is 46.2 Å². The number of thiocarbonyl (C=S) groups is 1. The van der Waals surface area contributed by atoms with E-state index in [-0.39, 0.29) is 17.3 Å². The van der Waals surface area contributed by atoms with E-state index in [0.29, 0.717) is 32.5 Å². The van der Waals surface area contributed by atoms with Crippen LogP contribution in [0.5, 0.6) is 0 Å². The second-order valence-electron chi connectivity index (χ2n) is 13.9. The third kappa shape index (κ3) is 11.9. The van der Waals surface area contributed by atoms with Gasteiger partial charge in [0.2, 0.25) is 5.91 Å². The van der Waals surface area contributed by atoms with Gasteiger partial charge in [-0.15, -0.1) is 0 Å². The van der Waals surface area contributed by atoms with Crippen LogP contribution in [0, 0.1) is 24.7 Å². The molecule has 1 amide bonds. The number of rotatable bonds is 16. The molecule has 0 aliphatic heterocycles. The summed E-state index contributed by atoms with van der Waals surface area (Å²) in [5.74, 6) is -0.735. The van der Waals surface area contributed by atoms with Crippen molar-refractivity contribution in [1.82, 2.24) is 10.6 Å². The third-order valence-corrected chi connectivity index (χ3v) is 10.9. The van der Waals surface area contributed by atoms with E-state index in [1.165, 1.54) is 32.6 Å². The van der Waals surface area contributed by atoms with E-state index in [1.54, 1.807) is 14.2 Å². The smallest absolute Gasteiger partial charge is 0.328 e. The molecule has 2 unspecified atom stereocenters. The lowest BCUT2D eigenvalue weighted by Crippen LogP contribution is -2.49. The van der Waals surface area contributed by atoms with E-state index in [1.807, 2.05) is 43.3 Å². The molecule has 0 aromatic heterocycles. The summed E-state index contributed by atoms with van der Waals surface area (Å²) in [6.07, 6.45) is 10.8. The molecule has 2 aromatic carbocycles. The van der Waals surface area contributed by atoms with E-state index in [2.05, 4.69) is 29.7 Å². The van der Waals surface area contributed by atoms with E-state index in [0.717, 1.165) is 66.6 Å². The van der Waals surface area contributed by atoms with Gasteiger partial charge in [-0.05, 0) is 63.5 Å². The lowest BCUT2D eigenvalue weighted by Gasteiger charge is -2.32. The van der Waals surface area contributed by atoms with Crippen molar-refractivity contribution in [3.63, 3.8) is 0 Å². The summed E-state index contributed by atoms with van der Waals surface area (Å²) >= 11 is 5.75. The highest BCUT2D eigenvalue weighted by Gasteiger charge is 2.42. The Morgan fingerprint density at radius 2 is 1.02 bits per heavy atom. The van der Waals surface area contributed by atoms with Crippen LogP contribution in [0.4, 0.5) is 0 Å². The van der Waals surface area contributed by atoms with Crippen LogP contribution in [0.25, 0.3) is 0 Å². The summed E-state index contributed by atoms with van der Waals surface area (Å²) in [6, 6.07) is 15.0. The van der Waals surface area contributed by atoms with Crippen molar-refractivity contribution >= 4 is 35.1 Å². The summed E-state index contributed by atoms with van der Waals surface area (Å²) < 4.78 is 20.4. The number of methoxy groups -OCH3 is 4. The number of carbonyl (C=O) groups is 3. The van der Waals surface area contributed by atoms with E-state index >= 15 is 0 Å². The first kappa shape index (κ1) is 41.1. The van der Waals surface area contributed by atoms with Crippen LogP contribution >= 0.6 is 12.2 Å². The summed E-state index contributed by atoms with van der Waals surface area (Å²) in [4.78, 5) is 38.2. The number of esters is 2. The first-order valence-corrected chi connectivity index (χ1v) is 18.3. The molecular weight excluding hydrogens is 653 g/mol. The van der Waals surface area contributed by atoms with E-state index in [9.17, 15) is 14.4 Å². The molecule has 0 radical (unpaired) electrons. The van der Waals surface area contributed by atoms with Gasteiger partial charge in [-0.25, -0.2) is 9.59 Å². The second kappa shape index (κ2) is 20.5. The fourth-order valence-corrected chi connectivity index (χ4v) is 7.54. The number of carbonyl (C=O) groups excluding carboxylic acids is 3. The minimum atomic E-state index is -0.666. The fourth-order valence-electron chi connectivity index (χ4n) is 7.09. The van der Waals surface area contributed by atoms with Gasteiger partial charge in [0.25, 0.3) is 0 Å². The Hall–Kier alpha value is -3.34. The van der Waals surface area contributed by atoms with Crippen LogP contribution in [0.1, 0.15) is 86.5 Å². The summed E-state index contributed by atoms with van der Waals surface area (Å²) in [5, 5.41) is 6.28. The lowest BCUT2D eigenvalue weighted by molar-refractivity contribution is -0.147. The average Bonchev–Trinajstić information content (AvgIpc) is 3.82. The van der Waals surface area contributed by atoms with Crippen LogP contribution in [0.3, 0.4) is 0 Å². The molecule has 2 aromatic rings. The van der Waals surface area contributed by atoms with Gasteiger partial charge in [-0.1, -0.05) is 97.6 Å². The molecule has 2 fully saturated rings. The fraction of sp³-hybridized carbons (Fsp3) is 0.600. The zero-order valence-corrected chi connectivity index (χ0v) is 31.8. The van der Waals surface area contributed by atoms with Gasteiger partial charge < -0.3 is 29.6 Å². The SMILES string of the molecule is COCCC1(C(=O)NC(Cc2ccc(C)cc2)C(=O)OC)CCCC1.COCCC1(C(=S)NC(Cc2ccc(C)cc2)C(=O)OC)CCCC1. The standard InChI is InChI=1S/C20H29NO4.C20H29NO3S/c1-15-6-8-16(9-7-15)14-17(18(22)25-3)21-19(23)20(12-13-24-2)10-4-5-11-20;1-15-6-8-16(9-7-15)14-17(18(22)24-3)21-19(25)20(12-13-23-2)10-4-5-11-20/h6-9,17H,4-5,10-14H2,1-3H3,(H,21,23);6-9,17H,4-5,10-14H2,1-3H3,(H,21,25). The highest BCUT2D eigenvalue weighted by Crippen LogP contribution is 2.43. The second-order valence-corrected chi connectivity index (χ2v) is 14.3. The first-order chi connectivity index (χ1) is 24.0. The Kier molecular flexibility index (Phi) is 16.8. The van der Waals surface area contributed by atoms with Crippen LogP contribution in [0.2, 0.25) is 0 Å². The normalized spacial score (nSPS) is 17.1. The first-order valence-electron chi connectivity index (χ1n) is 17.9. The molecule has 50 heavy (non-hydrogen) atoms. The van der Waals surface area contributed by atoms with E-state index in [4.69, 9.17) is 31.2 Å². The lowest BCUT2D eigenvalue weighted by atomic mass is 9.81. The maximum atomic E-state index is 13.0. The molecule has 2 atom stereocenters. The van der Waals surface area contributed by atoms with Crippen LogP contribution < -0.4 is 10.6 Å². The zero-order chi connectivity index (χ0) is 36.6. The zero-order valence-electron chi connectivity index (χ0n) is 30.9. The topological polar surface area (TPSA) is 112 Å². The van der Waals surface area contributed by atoms with Crippen molar-refractivity contribution in [1.29, 1.82) is 0 Å². The molecule has 2 saturated carbocycles. The molecular formula is C40H58N2O7S. The van der Waals surface area contributed by atoms with Crippen molar-refractivity contribution in [3.05, 3.63) is 70.8 Å². The molecule has 2 aliphatic carbocycles. The van der Waals surface area contributed by atoms with Crippen molar-refractivity contribution in [2.75, 3.05) is 41.7 Å². The summed E-state index contributed by atoms with van der Waals surface area (Å²) in [7, 11) is 6.14. The monoisotopic (exact) mass is 710 g/mol. The Morgan fingerprint density at radius 1 is 0.640 bits per heavy atom. The number of hydrogen-bond acceptors (Lipinski definition) is 8. The Morgan fingerprint density at radius 3 is 1.42 bits per heavy atom. The number of benzene rings is 2. The summed E-state index contributed by atoms with van der Waals surface area (Å²) in [6.45, 7) is 5.30. The molecule has 10 heteroatoms. The summed E-state index contributed by atoms with van der Waals surface area (Å²) in [5.41, 5.74) is 3.98. The van der Waals surface area contributed by atoms with Gasteiger partial charge in [0.15, 0.2) is 0 Å². The molecule has 2 N–H and O–H groups in total. The molecule has 9 nitrogen and oxygen atoms in total. The van der Waals surface area contributed by atoms with Crippen molar-refractivity contribution in [2.24, 2.45) is 10.8 Å². The number of hydrogen-bond donors (Lipinski definition) is 2. The molecule has 0 bridgehead atoms. The highest BCUT2D eigenvalue weighted by atomic mass is 32.1. The van der Waals surface area contributed by atoms with Gasteiger partial charge in [-0.2, -0.15) is 0 Å². The number of ether oxygens (including phenoxy) is 4. The van der Waals surface area contributed by atoms with Gasteiger partial charge in [-0.3, -0.25) is 4.79 Å². The predicted molar refractivity (Wildman–Crippen MR) is 200 cm³/mol. The molecule has 4 rings (SSSR count). The van der Waals surface area contributed by atoms with Gasteiger partial charge in [0.05, 0.1) is 24.6 Å². The Labute approximate surface area is 304 Å². The Balaban J connectivity index is 0.000000270. The van der Waals surface area contributed by atoms with Gasteiger partial charge in [0.1, 0.15) is 12.1 Å². The molecule has 0 saturated heterocycles. The van der Waals surface area contributed by atoms with Crippen molar-refractivity contribution < 1.29 is 33.3 Å². The molecule has 2 aliphatic rings. The number of aryl methyl sites for hydroxylation is 2. The maximum Gasteiger partial charge on any atom is 0.328 e. The van der Waals surface area contributed by atoms with Crippen LogP contribution in [-0.4, -0.2) is 76.6 Å². The largest absolute Gasteiger partial charge is 0.467 e. The van der Waals surface area contributed by atoms with Gasteiger partial charge in [0, 0.05) is 45.7 Å². The highest BCUT2D eigenvalue weighted by molar-refractivity contribution is 7.80. The van der Waals surface area contributed by atoms with Crippen molar-refractivity contribution in [2.45, 2.75) is 103 Å². The number of nitrogens with one attached hydrogen (secondary N) is 2. The Bertz CT molecular complexity index is 1260. The minimum absolute atomic E-state index is 0.0507. The third-order valence-electron chi connectivity index (χ3n) is 10.4. The minimum Gasteiger partial charge on any atom is -0.467 e. The van der Waals surface area contributed by atoms with Crippen molar-refractivity contribution in [3.8, 4) is 0 Å². The average molecular weight is 711 g/mol. The van der Waals surface area contributed by atoms with Gasteiger partial charge >= 0.3 is 11.9 Å².